The number of hydrogen-bond donors (Lipinski definition) is 2. The molecular formula is C42H32ClF8N9O5S. The van der Waals surface area contributed by atoms with Gasteiger partial charge in [-0.25, -0.2) is 35.9 Å². The van der Waals surface area contributed by atoms with Crippen molar-refractivity contribution in [1.82, 2.24) is 39.4 Å². The van der Waals surface area contributed by atoms with Crippen molar-refractivity contribution in [2.24, 2.45) is 13.0 Å². The molecule has 14 nitrogen and oxygen atoms in total. The van der Waals surface area contributed by atoms with E-state index in [-0.39, 0.29) is 67.5 Å². The number of carbonyl (C=O) groups excluding carboxylic acids is 1. The maximum absolute atomic E-state index is 15.6. The molecule has 3 atom stereocenters. The molecule has 2 aliphatic rings. The number of hydrogen-bond acceptors (Lipinski definition) is 9. The lowest BCUT2D eigenvalue weighted by Crippen LogP contribution is -2.38. The lowest BCUT2D eigenvalue weighted by atomic mass is 10.0. The summed E-state index contributed by atoms with van der Waals surface area (Å²) in [6, 6.07) is 11.6. The van der Waals surface area contributed by atoms with Gasteiger partial charge in [0, 0.05) is 43.5 Å². The van der Waals surface area contributed by atoms with E-state index in [9.17, 15) is 39.6 Å². The van der Waals surface area contributed by atoms with Crippen LogP contribution in [0.5, 0.6) is 5.75 Å². The van der Waals surface area contributed by atoms with Gasteiger partial charge in [0.15, 0.2) is 11.5 Å². The van der Waals surface area contributed by atoms with E-state index in [0.29, 0.717) is 23.2 Å². The number of fused-ring (bicyclic) bond motifs is 5. The molecule has 4 aromatic heterocycles. The van der Waals surface area contributed by atoms with Crippen LogP contribution in [0.15, 0.2) is 71.5 Å². The summed E-state index contributed by atoms with van der Waals surface area (Å²) in [6.45, 7) is -0.487. The van der Waals surface area contributed by atoms with E-state index in [1.807, 2.05) is 0 Å². The van der Waals surface area contributed by atoms with E-state index in [2.05, 4.69) is 30.0 Å². The van der Waals surface area contributed by atoms with Crippen LogP contribution in [0.4, 0.5) is 40.9 Å². The second-order valence-corrected chi connectivity index (χ2v) is 18.2. The minimum absolute atomic E-state index is 0.0101. The van der Waals surface area contributed by atoms with Gasteiger partial charge < -0.3 is 10.1 Å². The zero-order chi connectivity index (χ0) is 47.4. The Labute approximate surface area is 372 Å². The molecule has 0 unspecified atom stereocenters. The van der Waals surface area contributed by atoms with Gasteiger partial charge in [-0.05, 0) is 78.6 Å². The van der Waals surface area contributed by atoms with Crippen LogP contribution >= 0.6 is 11.6 Å². The highest BCUT2D eigenvalue weighted by atomic mass is 35.5. The average Bonchev–Trinajstić information content (AvgIpc) is 3.75. The zero-order valence-electron chi connectivity index (χ0n) is 34.3. The second-order valence-electron chi connectivity index (χ2n) is 16.0. The van der Waals surface area contributed by atoms with Gasteiger partial charge in [-0.3, -0.25) is 28.2 Å². The average molecular weight is 962 g/mol. The Hall–Kier alpha value is -6.62. The van der Waals surface area contributed by atoms with Crippen LogP contribution in [0, 0.1) is 17.6 Å². The normalized spacial score (nSPS) is 17.0. The van der Waals surface area contributed by atoms with Crippen molar-refractivity contribution in [3.63, 3.8) is 0 Å². The van der Waals surface area contributed by atoms with Crippen molar-refractivity contribution in [1.29, 1.82) is 0 Å². The van der Waals surface area contributed by atoms with Crippen LogP contribution in [0.2, 0.25) is 5.02 Å². The molecule has 0 radical (unpaired) electrons. The van der Waals surface area contributed by atoms with E-state index in [0.717, 1.165) is 23.0 Å². The Balaban J connectivity index is 1.24. The number of carbonyl (C=O) groups is 1. The highest BCUT2D eigenvalue weighted by molar-refractivity contribution is 7.92. The molecule has 1 saturated carbocycles. The fraction of sp³-hybridized carbons (Fsp3) is 0.286. The van der Waals surface area contributed by atoms with Crippen LogP contribution in [0.25, 0.3) is 38.9 Å². The van der Waals surface area contributed by atoms with Gasteiger partial charge in [0.25, 0.3) is 17.9 Å². The molecule has 9 rings (SSSR count). The van der Waals surface area contributed by atoms with E-state index in [1.165, 1.54) is 60.3 Å². The number of rotatable bonds is 13. The maximum atomic E-state index is 15.6. The molecule has 0 spiro atoms. The molecule has 0 saturated heterocycles. The third-order valence-corrected chi connectivity index (χ3v) is 12.0. The quantitative estimate of drug-likeness (QED) is 0.109. The lowest BCUT2D eigenvalue weighted by molar-refractivity contribution is -0.159. The summed E-state index contributed by atoms with van der Waals surface area (Å²) >= 11 is 6.61. The first kappa shape index (κ1) is 44.6. The first-order chi connectivity index (χ1) is 31.0. The number of sulfonamides is 1. The van der Waals surface area contributed by atoms with Crippen LogP contribution in [-0.4, -0.2) is 60.8 Å². The Kier molecular flexibility index (Phi) is 10.7. The summed E-state index contributed by atoms with van der Waals surface area (Å²) in [6.07, 6.45) is -6.45. The number of halogens is 9. The minimum Gasteiger partial charge on any atom is -0.433 e. The molecule has 2 N–H and O–H groups in total. The van der Waals surface area contributed by atoms with Crippen molar-refractivity contribution >= 4 is 55.3 Å². The lowest BCUT2D eigenvalue weighted by Gasteiger charge is -2.24. The van der Waals surface area contributed by atoms with E-state index < -0.39 is 99.6 Å². The smallest absolute Gasteiger partial charge is 0.394 e. The van der Waals surface area contributed by atoms with Gasteiger partial charge >= 0.3 is 6.11 Å². The molecule has 7 aromatic rings. The van der Waals surface area contributed by atoms with Gasteiger partial charge in [0.2, 0.25) is 15.9 Å². The van der Waals surface area contributed by atoms with Crippen LogP contribution < -0.4 is 20.3 Å². The Morgan fingerprint density at radius 2 is 1.71 bits per heavy atom. The van der Waals surface area contributed by atoms with E-state index in [1.54, 1.807) is 0 Å². The molecule has 24 heteroatoms. The summed E-state index contributed by atoms with van der Waals surface area (Å²) in [5.74, 6) is -9.69. The number of amides is 1. The summed E-state index contributed by atoms with van der Waals surface area (Å²) < 4.78 is 150. The fourth-order valence-electron chi connectivity index (χ4n) is 8.52. The second kappa shape index (κ2) is 15.8. The summed E-state index contributed by atoms with van der Waals surface area (Å²) in [7, 11) is -2.55. The van der Waals surface area contributed by atoms with Crippen molar-refractivity contribution in [2.75, 3.05) is 11.0 Å². The molecule has 4 heterocycles. The Morgan fingerprint density at radius 3 is 2.36 bits per heavy atom. The van der Waals surface area contributed by atoms with Gasteiger partial charge in [-0.15, -0.1) is 0 Å². The monoisotopic (exact) mass is 961 g/mol. The Bertz CT molecular complexity index is 3300. The molecular weight excluding hydrogens is 930 g/mol. The number of nitrogens with one attached hydrogen (secondary N) is 2. The number of alkyl halides is 6. The Morgan fingerprint density at radius 1 is 1.02 bits per heavy atom. The number of aromatic nitrogens is 7. The first-order valence-electron chi connectivity index (χ1n) is 19.7. The number of aryl methyl sites for hydroxylation is 1. The van der Waals surface area contributed by atoms with Crippen molar-refractivity contribution in [2.45, 2.75) is 56.7 Å². The van der Waals surface area contributed by atoms with Gasteiger partial charge in [0.1, 0.15) is 41.1 Å². The highest BCUT2D eigenvalue weighted by Crippen LogP contribution is 2.68. The molecule has 0 bridgehead atoms. The van der Waals surface area contributed by atoms with E-state index >= 15 is 13.6 Å². The van der Waals surface area contributed by atoms with Crippen molar-refractivity contribution in [3.8, 4) is 22.7 Å². The fourth-order valence-corrected chi connectivity index (χ4v) is 9.26. The number of nitrogens with zero attached hydrogens (tertiary/aromatic N) is 7. The largest absolute Gasteiger partial charge is 0.433 e. The summed E-state index contributed by atoms with van der Waals surface area (Å²) in [4.78, 5) is 38.5. The standard InChI is InChI=1S/C42H32ClF8N9O5S/c1-41(48,49)65-22-6-4-19(5-7-22)27-10-8-23-37(53-27)54-39(60(40(23)62)29-11-9-26(43)32-34(29)58(2)56-38(32)57-66(3,63)64)28(14-18-12-20(44)15-21(45)13-18)52-30(61)17-59-35-31(33(55-59)36(46)47)24-16-25(24)42(35,50)51/h4-13,15,24-25,28,36H,14,16-17H2,1-3H3,(H,52,61)(H,56,57)/t24-,25+,28-/m0/s1. The molecule has 1 fully saturated rings. The molecule has 1 amide bonds. The predicted octanol–water partition coefficient (Wildman–Crippen LogP) is 8.07. The topological polar surface area (TPSA) is 168 Å². The van der Waals surface area contributed by atoms with Gasteiger partial charge in [0.05, 0.1) is 45.0 Å². The molecule has 2 aliphatic carbocycles. The van der Waals surface area contributed by atoms with Crippen molar-refractivity contribution in [3.05, 3.63) is 122 Å². The SMILES string of the molecule is Cn1nc(NS(C)(=O)=O)c2c(Cl)ccc(-n3c([C@H](Cc4cc(F)cc(F)c4)NC(=O)Cn4nc(C(F)F)c5c4C(F)(F)[C@@H]4C[C@H]54)nc4nc(-c5ccc(OC(C)(F)F)cc5)ccc4c3=O)c21. The van der Waals surface area contributed by atoms with Crippen LogP contribution in [0.1, 0.15) is 60.1 Å². The predicted molar refractivity (Wildman–Crippen MR) is 222 cm³/mol. The molecule has 3 aromatic carbocycles. The highest BCUT2D eigenvalue weighted by Gasteiger charge is 2.67. The van der Waals surface area contributed by atoms with Crippen molar-refractivity contribution < 1.29 is 53.1 Å². The first-order valence-corrected chi connectivity index (χ1v) is 22.0. The number of ether oxygens (including phenoxy) is 1. The van der Waals surface area contributed by atoms with Crippen LogP contribution in [-0.2, 0) is 40.8 Å². The molecule has 66 heavy (non-hydrogen) atoms. The number of anilines is 1. The van der Waals surface area contributed by atoms with E-state index in [4.69, 9.17) is 16.6 Å². The molecule has 344 valence electrons. The zero-order valence-corrected chi connectivity index (χ0v) is 35.8. The number of pyridine rings is 1. The van der Waals surface area contributed by atoms with Gasteiger partial charge in [-0.2, -0.15) is 27.8 Å². The van der Waals surface area contributed by atoms with Crippen LogP contribution in [0.3, 0.4) is 0 Å². The summed E-state index contributed by atoms with van der Waals surface area (Å²) in [5, 5.41) is 10.4. The molecule has 0 aliphatic heterocycles. The minimum atomic E-state index is -3.96. The third kappa shape index (κ3) is 8.17. The maximum Gasteiger partial charge on any atom is 0.394 e. The summed E-state index contributed by atoms with van der Waals surface area (Å²) in [5.41, 5.74) is -2.82. The van der Waals surface area contributed by atoms with Gasteiger partial charge in [-0.1, -0.05) is 11.6 Å². The number of benzene rings is 3. The third-order valence-electron chi connectivity index (χ3n) is 11.1.